The van der Waals surface area contributed by atoms with E-state index >= 15 is 0 Å². The molecule has 0 aliphatic heterocycles. The van der Waals surface area contributed by atoms with Gasteiger partial charge in [0.05, 0.1) is 0 Å². The minimum atomic E-state index is -2.02. The third-order valence-electron chi connectivity index (χ3n) is 5.05. The van der Waals surface area contributed by atoms with Crippen LogP contribution in [0, 0.1) is 0 Å². The van der Waals surface area contributed by atoms with Gasteiger partial charge in [0.2, 0.25) is 0 Å². The fourth-order valence-corrected chi connectivity index (χ4v) is 8.12. The molecule has 4 rings (SSSR count). The topological polar surface area (TPSA) is 20.2 Å². The van der Waals surface area contributed by atoms with Crippen LogP contribution in [0.5, 0.6) is 5.75 Å². The molecule has 0 saturated heterocycles. The van der Waals surface area contributed by atoms with Gasteiger partial charge in [-0.1, -0.05) is 72.3 Å². The maximum Gasteiger partial charge on any atom is 0.123 e. The number of hydrogen-bond acceptors (Lipinski definition) is 1. The van der Waals surface area contributed by atoms with Crippen LogP contribution in [0.2, 0.25) is 5.02 Å². The number of phenols is 1. The Morgan fingerprint density at radius 3 is 1.43 bits per heavy atom. The highest BCUT2D eigenvalue weighted by Gasteiger charge is 2.45. The average Bonchev–Trinajstić information content (AvgIpc) is 2.75. The molecule has 138 valence electrons. The summed E-state index contributed by atoms with van der Waals surface area (Å²) >= 11 is 6.09. The quantitative estimate of drug-likeness (QED) is 0.434. The SMILES string of the molecule is Oc1cc(Cl)ccc1C[P+](c1ccccc1)(c1ccccc1)c1ccccc1. The monoisotopic (exact) mass is 403 g/mol. The zero-order valence-corrected chi connectivity index (χ0v) is 17.0. The highest BCUT2D eigenvalue weighted by molar-refractivity contribution is 7.95. The molecule has 1 nitrogen and oxygen atoms in total. The second-order valence-electron chi connectivity index (χ2n) is 6.75. The largest absolute Gasteiger partial charge is 0.507 e. The van der Waals surface area contributed by atoms with E-state index in [2.05, 4.69) is 72.8 Å². The van der Waals surface area contributed by atoms with Crippen molar-refractivity contribution in [2.75, 3.05) is 0 Å². The summed E-state index contributed by atoms with van der Waals surface area (Å²) in [6.07, 6.45) is 0.730. The molecule has 0 unspecified atom stereocenters. The van der Waals surface area contributed by atoms with Crippen LogP contribution in [0.1, 0.15) is 5.56 Å². The van der Waals surface area contributed by atoms with Crippen molar-refractivity contribution in [3.63, 3.8) is 0 Å². The molecule has 0 atom stereocenters. The van der Waals surface area contributed by atoms with Crippen molar-refractivity contribution in [2.45, 2.75) is 6.16 Å². The molecule has 0 aliphatic rings. The van der Waals surface area contributed by atoms with Gasteiger partial charge in [0.1, 0.15) is 35.1 Å². The van der Waals surface area contributed by atoms with E-state index in [0.29, 0.717) is 5.02 Å². The predicted molar refractivity (Wildman–Crippen MR) is 122 cm³/mol. The van der Waals surface area contributed by atoms with Crippen molar-refractivity contribution < 1.29 is 5.11 Å². The van der Waals surface area contributed by atoms with E-state index in [1.165, 1.54) is 15.9 Å². The van der Waals surface area contributed by atoms with Gasteiger partial charge >= 0.3 is 0 Å². The highest BCUT2D eigenvalue weighted by Crippen LogP contribution is 2.58. The molecular weight excluding hydrogens is 383 g/mol. The fourth-order valence-electron chi connectivity index (χ4n) is 3.69. The van der Waals surface area contributed by atoms with Gasteiger partial charge in [-0.05, 0) is 48.5 Å². The van der Waals surface area contributed by atoms with Crippen LogP contribution in [-0.2, 0) is 6.16 Å². The Hall–Kier alpha value is -2.60. The maximum absolute atomic E-state index is 10.6. The van der Waals surface area contributed by atoms with Crippen molar-refractivity contribution in [3.8, 4) is 5.75 Å². The molecule has 0 radical (unpaired) electrons. The summed E-state index contributed by atoms with van der Waals surface area (Å²) in [6, 6.07) is 37.4. The molecule has 4 aromatic carbocycles. The molecule has 0 heterocycles. The Labute approximate surface area is 171 Å². The standard InChI is InChI=1S/C25H20ClOP/c26-21-17-16-20(25(27)18-21)19-28(22-10-4-1-5-11-22,23-12-6-2-7-13-23)24-14-8-3-9-15-24/h1-18H,19H2/p+1. The van der Waals surface area contributed by atoms with Crippen molar-refractivity contribution in [3.05, 3.63) is 120 Å². The van der Waals surface area contributed by atoms with E-state index in [4.69, 9.17) is 11.6 Å². The van der Waals surface area contributed by atoms with Gasteiger partial charge < -0.3 is 5.11 Å². The molecule has 0 amide bonds. The van der Waals surface area contributed by atoms with Gasteiger partial charge in [-0.2, -0.15) is 0 Å². The Bertz CT molecular complexity index is 953. The smallest absolute Gasteiger partial charge is 0.123 e. The Kier molecular flexibility index (Phi) is 5.48. The molecule has 0 spiro atoms. The number of aromatic hydroxyl groups is 1. The average molecular weight is 404 g/mol. The van der Waals surface area contributed by atoms with Crippen LogP contribution in [0.25, 0.3) is 0 Å². The predicted octanol–water partition coefficient (Wildman–Crippen LogP) is 5.54. The van der Waals surface area contributed by atoms with Gasteiger partial charge in [0.25, 0.3) is 0 Å². The molecular formula is C25H21ClOP+. The molecule has 0 aromatic heterocycles. The van der Waals surface area contributed by atoms with Gasteiger partial charge in [-0.3, -0.25) is 0 Å². The van der Waals surface area contributed by atoms with E-state index < -0.39 is 7.26 Å². The number of benzene rings is 4. The zero-order valence-electron chi connectivity index (χ0n) is 15.4. The number of phenolic OH excluding ortho intramolecular Hbond substituents is 1. The van der Waals surface area contributed by atoms with E-state index in [1.807, 2.05) is 30.3 Å². The van der Waals surface area contributed by atoms with Crippen molar-refractivity contribution >= 4 is 34.8 Å². The lowest BCUT2D eigenvalue weighted by atomic mass is 10.2. The lowest BCUT2D eigenvalue weighted by Crippen LogP contribution is -2.32. The fraction of sp³-hybridized carbons (Fsp3) is 0.0400. The minimum absolute atomic E-state index is 0.250. The van der Waals surface area contributed by atoms with Crippen LogP contribution in [0.3, 0.4) is 0 Å². The molecule has 0 fully saturated rings. The van der Waals surface area contributed by atoms with E-state index in [1.54, 1.807) is 6.07 Å². The number of rotatable bonds is 5. The van der Waals surface area contributed by atoms with Crippen LogP contribution >= 0.6 is 18.9 Å². The third kappa shape index (κ3) is 3.56. The Morgan fingerprint density at radius 1 is 0.607 bits per heavy atom. The van der Waals surface area contributed by atoms with Crippen LogP contribution in [0.4, 0.5) is 0 Å². The first-order valence-electron chi connectivity index (χ1n) is 9.22. The van der Waals surface area contributed by atoms with Crippen molar-refractivity contribution in [2.24, 2.45) is 0 Å². The summed E-state index contributed by atoms with van der Waals surface area (Å²) < 4.78 is 0. The minimum Gasteiger partial charge on any atom is -0.507 e. The second kappa shape index (κ2) is 8.19. The summed E-state index contributed by atoms with van der Waals surface area (Å²) in [5.41, 5.74) is 0.911. The summed E-state index contributed by atoms with van der Waals surface area (Å²) in [7, 11) is -2.02. The first-order valence-corrected chi connectivity index (χ1v) is 11.6. The molecule has 28 heavy (non-hydrogen) atoms. The molecule has 0 bridgehead atoms. The van der Waals surface area contributed by atoms with Crippen molar-refractivity contribution in [1.82, 2.24) is 0 Å². The molecule has 3 heteroatoms. The Morgan fingerprint density at radius 2 is 1.04 bits per heavy atom. The molecule has 0 saturated carbocycles. The zero-order chi connectivity index (χ0) is 19.4. The van der Waals surface area contributed by atoms with Gasteiger partial charge in [-0.15, -0.1) is 0 Å². The molecule has 1 N–H and O–H groups in total. The second-order valence-corrected chi connectivity index (χ2v) is 10.7. The van der Waals surface area contributed by atoms with Crippen LogP contribution in [-0.4, -0.2) is 5.11 Å². The van der Waals surface area contributed by atoms with E-state index in [-0.39, 0.29) is 5.75 Å². The summed E-state index contributed by atoms with van der Waals surface area (Å²) in [4.78, 5) is 0. The van der Waals surface area contributed by atoms with E-state index in [9.17, 15) is 5.11 Å². The molecule has 0 aliphatic carbocycles. The summed E-state index contributed by atoms with van der Waals surface area (Å²) in [5.74, 6) is 0.250. The third-order valence-corrected chi connectivity index (χ3v) is 9.63. The summed E-state index contributed by atoms with van der Waals surface area (Å²) in [6.45, 7) is 0. The summed E-state index contributed by atoms with van der Waals surface area (Å²) in [5, 5.41) is 15.1. The lowest BCUT2D eigenvalue weighted by Gasteiger charge is -2.28. The number of hydrogen-bond donors (Lipinski definition) is 1. The number of halogens is 1. The van der Waals surface area contributed by atoms with Gasteiger partial charge in [0, 0.05) is 10.6 Å². The maximum atomic E-state index is 10.6. The first kappa shape index (κ1) is 18.7. The Balaban J connectivity index is 2.01. The first-order chi connectivity index (χ1) is 13.7. The van der Waals surface area contributed by atoms with Crippen LogP contribution < -0.4 is 15.9 Å². The van der Waals surface area contributed by atoms with Gasteiger partial charge in [-0.25, -0.2) is 0 Å². The van der Waals surface area contributed by atoms with Crippen LogP contribution in [0.15, 0.2) is 109 Å². The normalized spacial score (nSPS) is 11.3. The van der Waals surface area contributed by atoms with Gasteiger partial charge in [0.15, 0.2) is 0 Å². The van der Waals surface area contributed by atoms with E-state index in [0.717, 1.165) is 11.7 Å². The highest BCUT2D eigenvalue weighted by atomic mass is 35.5. The molecule has 4 aromatic rings. The van der Waals surface area contributed by atoms with Crippen molar-refractivity contribution in [1.29, 1.82) is 0 Å². The lowest BCUT2D eigenvalue weighted by molar-refractivity contribution is 0.470.